The summed E-state index contributed by atoms with van der Waals surface area (Å²) in [6.07, 6.45) is 8.59. The van der Waals surface area contributed by atoms with E-state index >= 15 is 0 Å². The molecule has 0 aliphatic rings. The highest BCUT2D eigenvalue weighted by Crippen LogP contribution is 2.20. The van der Waals surface area contributed by atoms with Crippen molar-refractivity contribution in [2.24, 2.45) is 0 Å². The molecule has 1 aromatic heterocycles. The van der Waals surface area contributed by atoms with Crippen molar-refractivity contribution in [2.75, 3.05) is 11.5 Å². The fourth-order valence-electron chi connectivity index (χ4n) is 2.65. The summed E-state index contributed by atoms with van der Waals surface area (Å²) in [5.41, 5.74) is 0. The Bertz CT molecular complexity index is 522. The van der Waals surface area contributed by atoms with Crippen LogP contribution in [-0.2, 0) is 21.6 Å². The number of aromatic nitrogens is 2. The van der Waals surface area contributed by atoms with Crippen LogP contribution in [0.5, 0.6) is 0 Å². The third-order valence-corrected chi connectivity index (χ3v) is 8.69. The molecule has 0 saturated carbocycles. The van der Waals surface area contributed by atoms with Gasteiger partial charge in [0.25, 0.3) is 0 Å². The molecular weight excluding hydrogens is 404 g/mol. The van der Waals surface area contributed by atoms with Gasteiger partial charge in [0.2, 0.25) is 8.68 Å². The average molecular weight is 439 g/mol. The van der Waals surface area contributed by atoms with Crippen LogP contribution in [0.4, 0.5) is 0 Å². The van der Waals surface area contributed by atoms with Crippen LogP contribution in [0, 0.1) is 0 Å². The fraction of sp³-hybridized carbons (Fsp3) is 0.889. The minimum atomic E-state index is -1.44. The summed E-state index contributed by atoms with van der Waals surface area (Å²) in [5.74, 6) is 0.265. The quantitative estimate of drug-likeness (QED) is 0.384. The topological polar surface area (TPSA) is 100 Å². The van der Waals surface area contributed by atoms with E-state index in [2.05, 4.69) is 24.0 Å². The molecule has 27 heavy (non-hydrogen) atoms. The van der Waals surface area contributed by atoms with Gasteiger partial charge in [-0.25, -0.2) is 0 Å². The lowest BCUT2D eigenvalue weighted by Crippen LogP contribution is -2.16. The Labute approximate surface area is 172 Å². The number of hydrogen-bond acceptors (Lipinski definition) is 7. The molecule has 4 atom stereocenters. The highest BCUT2D eigenvalue weighted by molar-refractivity contribution is 7.89. The molecule has 0 aromatic carbocycles. The highest BCUT2D eigenvalue weighted by Gasteiger charge is 2.20. The zero-order valence-corrected chi connectivity index (χ0v) is 18.9. The first-order chi connectivity index (χ1) is 13.0. The van der Waals surface area contributed by atoms with Gasteiger partial charge >= 0.3 is 0 Å². The minimum absolute atomic E-state index is 0.132. The molecule has 0 spiro atoms. The van der Waals surface area contributed by atoms with E-state index in [1.165, 1.54) is 0 Å². The highest BCUT2D eigenvalue weighted by atomic mass is 32.2. The fourth-order valence-corrected chi connectivity index (χ4v) is 6.33. The van der Waals surface area contributed by atoms with Gasteiger partial charge < -0.3 is 10.2 Å². The molecule has 0 amide bonds. The molecule has 0 fully saturated rings. The normalized spacial score (nSPS) is 16.1. The monoisotopic (exact) mass is 438 g/mol. The summed E-state index contributed by atoms with van der Waals surface area (Å²) in [6, 6.07) is 0. The van der Waals surface area contributed by atoms with Gasteiger partial charge in [-0.15, -0.1) is 10.2 Å². The van der Waals surface area contributed by atoms with Crippen molar-refractivity contribution in [2.45, 2.75) is 98.9 Å². The van der Waals surface area contributed by atoms with Crippen molar-refractivity contribution in [1.82, 2.24) is 10.2 Å². The van der Waals surface area contributed by atoms with Crippen molar-refractivity contribution >= 4 is 32.9 Å². The number of nitrogens with zero attached hydrogens (tertiary/aromatic N) is 2. The van der Waals surface area contributed by atoms with Crippen molar-refractivity contribution in [3.8, 4) is 0 Å². The van der Waals surface area contributed by atoms with Gasteiger partial charge in [0.05, 0.1) is 45.3 Å². The number of hydrogen-bond donors (Lipinski definition) is 2. The first-order valence-corrected chi connectivity index (χ1v) is 13.4. The molecule has 158 valence electrons. The van der Waals surface area contributed by atoms with E-state index in [0.717, 1.165) is 62.7 Å². The van der Waals surface area contributed by atoms with E-state index in [-0.39, 0.29) is 11.5 Å². The first-order valence-electron chi connectivity index (χ1n) is 9.94. The van der Waals surface area contributed by atoms with Crippen LogP contribution in [-0.4, -0.2) is 52.5 Å². The third kappa shape index (κ3) is 10.8. The lowest BCUT2D eigenvalue weighted by atomic mass is 10.1. The predicted molar refractivity (Wildman–Crippen MR) is 112 cm³/mol. The number of rotatable bonds is 16. The van der Waals surface area contributed by atoms with E-state index in [1.807, 2.05) is 0 Å². The van der Waals surface area contributed by atoms with Gasteiger partial charge in [-0.05, 0) is 12.8 Å². The first kappa shape index (κ1) is 24.8. The average Bonchev–Trinajstić information content (AvgIpc) is 3.13. The molecule has 1 aromatic rings. The maximum absolute atomic E-state index is 12.3. The molecular formula is C18H34N2O4S3. The van der Waals surface area contributed by atoms with Crippen LogP contribution in [0.3, 0.4) is 0 Å². The Morgan fingerprint density at radius 2 is 1.19 bits per heavy atom. The van der Waals surface area contributed by atoms with Gasteiger partial charge in [0.1, 0.15) is 0 Å². The number of aliphatic hydroxyl groups excluding tert-OH is 2. The molecule has 0 saturated heterocycles. The molecule has 9 heteroatoms. The molecule has 1 rings (SSSR count). The third-order valence-electron chi connectivity index (χ3n) is 4.25. The summed E-state index contributed by atoms with van der Waals surface area (Å²) < 4.78 is 25.2. The van der Waals surface area contributed by atoms with Crippen LogP contribution in [0.25, 0.3) is 0 Å². The Morgan fingerprint density at radius 3 is 1.56 bits per heavy atom. The van der Waals surface area contributed by atoms with Crippen molar-refractivity contribution in [3.63, 3.8) is 0 Å². The van der Waals surface area contributed by atoms with E-state index in [0.29, 0.717) is 21.5 Å². The summed E-state index contributed by atoms with van der Waals surface area (Å²) in [4.78, 5) is 0. The SMILES string of the molecule is CCCCCCC(O)CS(=O)c1nnc(S(=O)CC(O)CCCCCC)s1. The van der Waals surface area contributed by atoms with Gasteiger partial charge in [-0.2, -0.15) is 0 Å². The van der Waals surface area contributed by atoms with Crippen molar-refractivity contribution < 1.29 is 18.6 Å². The lowest BCUT2D eigenvalue weighted by Gasteiger charge is -2.08. The lowest BCUT2D eigenvalue weighted by molar-refractivity contribution is 0.183. The summed E-state index contributed by atoms with van der Waals surface area (Å²) in [5, 5.41) is 27.8. The smallest absolute Gasteiger partial charge is 0.205 e. The van der Waals surface area contributed by atoms with Gasteiger partial charge in [-0.1, -0.05) is 76.6 Å². The van der Waals surface area contributed by atoms with Crippen LogP contribution < -0.4 is 0 Å². The minimum Gasteiger partial charge on any atom is -0.392 e. The second kappa shape index (κ2) is 14.7. The molecule has 0 aliphatic heterocycles. The molecule has 0 bridgehead atoms. The van der Waals surface area contributed by atoms with E-state index in [9.17, 15) is 18.6 Å². The molecule has 1 heterocycles. The summed E-state index contributed by atoms with van der Waals surface area (Å²) in [6.45, 7) is 4.27. The van der Waals surface area contributed by atoms with Gasteiger partial charge in [0.15, 0.2) is 0 Å². The van der Waals surface area contributed by atoms with Crippen molar-refractivity contribution in [1.29, 1.82) is 0 Å². The second-order valence-corrected chi connectivity index (χ2v) is 11.2. The van der Waals surface area contributed by atoms with Gasteiger partial charge in [-0.3, -0.25) is 8.42 Å². The Kier molecular flexibility index (Phi) is 13.5. The van der Waals surface area contributed by atoms with Crippen LogP contribution >= 0.6 is 11.3 Å². The maximum Gasteiger partial charge on any atom is 0.205 e. The van der Waals surface area contributed by atoms with E-state index < -0.39 is 33.8 Å². The molecule has 0 radical (unpaired) electrons. The zero-order valence-electron chi connectivity index (χ0n) is 16.5. The van der Waals surface area contributed by atoms with Crippen LogP contribution in [0.15, 0.2) is 8.68 Å². The Morgan fingerprint density at radius 1 is 0.778 bits per heavy atom. The molecule has 4 unspecified atom stereocenters. The zero-order chi connectivity index (χ0) is 20.1. The van der Waals surface area contributed by atoms with E-state index in [4.69, 9.17) is 0 Å². The van der Waals surface area contributed by atoms with Gasteiger partial charge in [0, 0.05) is 0 Å². The standard InChI is InChI=1S/C18H34N2O4S3/c1-3-5-7-9-11-15(21)13-26(23)17-19-20-18(25-17)27(24)14-16(22)12-10-8-6-4-2/h15-16,21-22H,3-14H2,1-2H3. The molecule has 0 aliphatic carbocycles. The predicted octanol–water partition coefficient (Wildman–Crippen LogP) is 3.42. The number of unbranched alkanes of at least 4 members (excludes halogenated alkanes) is 6. The molecule has 6 nitrogen and oxygen atoms in total. The van der Waals surface area contributed by atoms with Crippen LogP contribution in [0.1, 0.15) is 78.1 Å². The molecule has 2 N–H and O–H groups in total. The van der Waals surface area contributed by atoms with Crippen LogP contribution in [0.2, 0.25) is 0 Å². The Balaban J connectivity index is 2.39. The maximum atomic E-state index is 12.3. The van der Waals surface area contributed by atoms with Crippen molar-refractivity contribution in [3.05, 3.63) is 0 Å². The summed E-state index contributed by atoms with van der Waals surface area (Å²) in [7, 11) is -2.88. The Hall–Kier alpha value is -0.220. The number of aliphatic hydroxyl groups is 2. The summed E-state index contributed by atoms with van der Waals surface area (Å²) >= 11 is 1.05. The van der Waals surface area contributed by atoms with E-state index in [1.54, 1.807) is 0 Å². The largest absolute Gasteiger partial charge is 0.392 e. The second-order valence-electron chi connectivity index (χ2n) is 6.86.